The number of aromatic hydroxyl groups is 1. The molecular formula is C20H20N2O5S2. The lowest BCUT2D eigenvalue weighted by Gasteiger charge is -2.28. The topological polar surface area (TPSA) is 94.2 Å². The van der Waals surface area contributed by atoms with E-state index >= 15 is 0 Å². The zero-order chi connectivity index (χ0) is 21.1. The summed E-state index contributed by atoms with van der Waals surface area (Å²) in [4.78, 5) is 28.6. The van der Waals surface area contributed by atoms with Crippen LogP contribution >= 0.6 is 24.0 Å². The minimum absolute atomic E-state index is 0.0327. The summed E-state index contributed by atoms with van der Waals surface area (Å²) in [5.41, 5.74) is 0.571. The number of likely N-dealkylation sites (N-methyl/N-ethyl adjacent to an activating group) is 1. The van der Waals surface area contributed by atoms with Crippen LogP contribution in [0.4, 0.5) is 0 Å². The van der Waals surface area contributed by atoms with E-state index in [4.69, 9.17) is 16.6 Å². The van der Waals surface area contributed by atoms with Gasteiger partial charge in [-0.1, -0.05) is 36.1 Å². The Bertz CT molecular complexity index is 940. The number of thiocarbonyl (C=S) groups is 1. The highest BCUT2D eigenvalue weighted by Gasteiger charge is 2.39. The molecule has 1 aliphatic heterocycles. The molecule has 2 amide bonds. The molecule has 1 fully saturated rings. The molecule has 1 saturated heterocycles. The molecule has 2 heterocycles. The van der Waals surface area contributed by atoms with Gasteiger partial charge in [0.25, 0.3) is 5.91 Å². The van der Waals surface area contributed by atoms with Crippen LogP contribution in [0, 0.1) is 0 Å². The summed E-state index contributed by atoms with van der Waals surface area (Å²) in [6.45, 7) is 1.64. The van der Waals surface area contributed by atoms with Crippen molar-refractivity contribution >= 4 is 46.2 Å². The van der Waals surface area contributed by atoms with Gasteiger partial charge in [-0.15, -0.1) is 0 Å². The summed E-state index contributed by atoms with van der Waals surface area (Å²) in [7, 11) is 1.55. The van der Waals surface area contributed by atoms with Gasteiger partial charge >= 0.3 is 0 Å². The number of carbonyl (C=O) groups excluding carboxylic acids is 2. The molecule has 0 spiro atoms. The van der Waals surface area contributed by atoms with E-state index in [9.17, 15) is 19.8 Å². The van der Waals surface area contributed by atoms with Gasteiger partial charge < -0.3 is 19.5 Å². The molecule has 0 saturated carbocycles. The Kier molecular flexibility index (Phi) is 6.41. The number of aliphatic hydroxyl groups is 1. The second-order valence-corrected chi connectivity index (χ2v) is 8.24. The average molecular weight is 433 g/mol. The molecular weight excluding hydrogens is 412 g/mol. The Hall–Kier alpha value is -2.62. The molecule has 2 aromatic rings. The Morgan fingerprint density at radius 3 is 2.66 bits per heavy atom. The monoisotopic (exact) mass is 432 g/mol. The molecule has 1 aliphatic rings. The van der Waals surface area contributed by atoms with Crippen molar-refractivity contribution < 1.29 is 24.2 Å². The van der Waals surface area contributed by atoms with E-state index in [1.807, 2.05) is 0 Å². The first kappa shape index (κ1) is 21.1. The van der Waals surface area contributed by atoms with Gasteiger partial charge in [-0.2, -0.15) is 0 Å². The molecule has 2 unspecified atom stereocenters. The van der Waals surface area contributed by atoms with Crippen LogP contribution in [-0.2, 0) is 9.59 Å². The van der Waals surface area contributed by atoms with Crippen LogP contribution in [0.2, 0.25) is 0 Å². The number of phenols is 1. The summed E-state index contributed by atoms with van der Waals surface area (Å²) in [6, 6.07) is 8.73. The van der Waals surface area contributed by atoms with Crippen LogP contribution in [0.1, 0.15) is 24.4 Å². The number of hydrogen-bond acceptors (Lipinski definition) is 7. The van der Waals surface area contributed by atoms with Crippen molar-refractivity contribution in [1.82, 2.24) is 9.80 Å². The summed E-state index contributed by atoms with van der Waals surface area (Å²) in [6.07, 6.45) is 2.17. The van der Waals surface area contributed by atoms with E-state index in [0.29, 0.717) is 20.5 Å². The van der Waals surface area contributed by atoms with Gasteiger partial charge in [-0.25, -0.2) is 0 Å². The molecule has 2 atom stereocenters. The standard InChI is InChI=1S/C20H20N2O5S2/c1-12(18(25)21(2)11-16(24)13-5-7-14(23)8-6-13)22-19(26)17(29-20(22)28)10-15-4-3-9-27-15/h3-10,12,16,23-24H,11H2,1-2H3/b17-10-. The Morgan fingerprint density at radius 2 is 2.03 bits per heavy atom. The third-order valence-electron chi connectivity index (χ3n) is 4.49. The fourth-order valence-corrected chi connectivity index (χ4v) is 4.30. The lowest BCUT2D eigenvalue weighted by atomic mass is 10.1. The fraction of sp³-hybridized carbons (Fsp3) is 0.250. The SMILES string of the molecule is CC(C(=O)N(C)CC(O)c1ccc(O)cc1)N1C(=O)/C(=C/c2ccco2)SC1=S. The van der Waals surface area contributed by atoms with Crippen LogP contribution in [0.3, 0.4) is 0 Å². The van der Waals surface area contributed by atoms with Gasteiger partial charge in [0.15, 0.2) is 0 Å². The molecule has 1 aromatic heterocycles. The Balaban J connectivity index is 1.67. The van der Waals surface area contributed by atoms with Crippen molar-refractivity contribution in [3.63, 3.8) is 0 Å². The maximum Gasteiger partial charge on any atom is 0.267 e. The molecule has 7 nitrogen and oxygen atoms in total. The molecule has 29 heavy (non-hydrogen) atoms. The van der Waals surface area contributed by atoms with Crippen molar-refractivity contribution in [1.29, 1.82) is 0 Å². The number of thioether (sulfide) groups is 1. The van der Waals surface area contributed by atoms with Gasteiger partial charge in [0.05, 0.1) is 23.8 Å². The number of carbonyl (C=O) groups is 2. The van der Waals surface area contributed by atoms with E-state index in [1.54, 1.807) is 44.3 Å². The van der Waals surface area contributed by atoms with Gasteiger partial charge in [-0.05, 0) is 36.8 Å². The average Bonchev–Trinajstić information content (AvgIpc) is 3.29. The lowest BCUT2D eigenvalue weighted by Crippen LogP contribution is -2.48. The number of hydrogen-bond donors (Lipinski definition) is 2. The summed E-state index contributed by atoms with van der Waals surface area (Å²) in [5.74, 6) is -0.0855. The van der Waals surface area contributed by atoms with Gasteiger partial charge in [-0.3, -0.25) is 14.5 Å². The first-order valence-electron chi connectivity index (χ1n) is 8.80. The first-order valence-corrected chi connectivity index (χ1v) is 10.0. The van der Waals surface area contributed by atoms with E-state index in [2.05, 4.69) is 0 Å². The van der Waals surface area contributed by atoms with Crippen molar-refractivity contribution in [2.45, 2.75) is 19.1 Å². The van der Waals surface area contributed by atoms with Crippen molar-refractivity contribution in [3.8, 4) is 5.75 Å². The van der Waals surface area contributed by atoms with Crippen molar-refractivity contribution in [2.75, 3.05) is 13.6 Å². The maximum absolute atomic E-state index is 12.8. The maximum atomic E-state index is 12.8. The van der Waals surface area contributed by atoms with Gasteiger partial charge in [0.1, 0.15) is 21.9 Å². The zero-order valence-electron chi connectivity index (χ0n) is 15.8. The molecule has 152 valence electrons. The number of nitrogens with zero attached hydrogens (tertiary/aromatic N) is 2. The van der Waals surface area contributed by atoms with Crippen molar-refractivity contribution in [3.05, 3.63) is 58.9 Å². The second kappa shape index (κ2) is 8.81. The predicted molar refractivity (Wildman–Crippen MR) is 114 cm³/mol. The van der Waals surface area contributed by atoms with E-state index in [-0.39, 0.29) is 24.1 Å². The minimum Gasteiger partial charge on any atom is -0.508 e. The third kappa shape index (κ3) is 4.69. The van der Waals surface area contributed by atoms with E-state index in [0.717, 1.165) is 11.8 Å². The summed E-state index contributed by atoms with van der Waals surface area (Å²) >= 11 is 6.42. The minimum atomic E-state index is -0.929. The largest absolute Gasteiger partial charge is 0.508 e. The molecule has 0 radical (unpaired) electrons. The predicted octanol–water partition coefficient (Wildman–Crippen LogP) is 2.77. The number of benzene rings is 1. The molecule has 3 rings (SSSR count). The number of rotatable bonds is 6. The Morgan fingerprint density at radius 1 is 1.34 bits per heavy atom. The smallest absolute Gasteiger partial charge is 0.267 e. The third-order valence-corrected chi connectivity index (χ3v) is 5.82. The van der Waals surface area contributed by atoms with Gasteiger partial charge in [0, 0.05) is 13.1 Å². The number of aliphatic hydroxyl groups excluding tert-OH is 1. The normalized spacial score (nSPS) is 17.6. The molecule has 2 N–H and O–H groups in total. The Labute approximate surface area is 177 Å². The highest BCUT2D eigenvalue weighted by molar-refractivity contribution is 8.26. The summed E-state index contributed by atoms with van der Waals surface area (Å²) < 4.78 is 5.52. The molecule has 0 bridgehead atoms. The number of amides is 2. The van der Waals surface area contributed by atoms with Gasteiger partial charge in [0.2, 0.25) is 5.91 Å². The zero-order valence-corrected chi connectivity index (χ0v) is 17.4. The highest BCUT2D eigenvalue weighted by Crippen LogP contribution is 2.34. The lowest BCUT2D eigenvalue weighted by molar-refractivity contribution is -0.139. The first-order chi connectivity index (χ1) is 13.8. The number of phenolic OH excluding ortho intramolecular Hbond substituents is 1. The summed E-state index contributed by atoms with van der Waals surface area (Å²) in [5, 5.41) is 19.7. The second-order valence-electron chi connectivity index (χ2n) is 6.57. The van der Waals surface area contributed by atoms with E-state index in [1.165, 1.54) is 28.2 Å². The number of furan rings is 1. The van der Waals surface area contributed by atoms with Crippen molar-refractivity contribution in [2.24, 2.45) is 0 Å². The molecule has 1 aromatic carbocycles. The quantitative estimate of drug-likeness (QED) is 0.535. The van der Waals surface area contributed by atoms with Crippen LogP contribution in [0.5, 0.6) is 5.75 Å². The van der Waals surface area contributed by atoms with E-state index < -0.39 is 12.1 Å². The highest BCUT2D eigenvalue weighted by atomic mass is 32.2. The van der Waals surface area contributed by atoms with Crippen LogP contribution in [-0.4, -0.2) is 55.8 Å². The van der Waals surface area contributed by atoms with Crippen LogP contribution < -0.4 is 0 Å². The van der Waals surface area contributed by atoms with Crippen LogP contribution in [0.25, 0.3) is 6.08 Å². The fourth-order valence-electron chi connectivity index (χ4n) is 2.90. The molecule has 0 aliphatic carbocycles. The van der Waals surface area contributed by atoms with Crippen LogP contribution in [0.15, 0.2) is 52.0 Å². The molecule has 9 heteroatoms.